The van der Waals surface area contributed by atoms with Crippen LogP contribution in [0.5, 0.6) is 0 Å². The lowest BCUT2D eigenvalue weighted by atomic mass is 9.90. The standard InChI is InChI=1S/C14H19Cl2NO/c1-14(2,7-8-15)10-17-13(18)9-11-5-3-4-6-12(11)16/h3-6H,7-10H2,1-2H3,(H,17,18). The Labute approximate surface area is 119 Å². The Bertz CT molecular complexity index is 405. The van der Waals surface area contributed by atoms with Crippen LogP contribution in [0.3, 0.4) is 0 Å². The van der Waals surface area contributed by atoms with Crippen molar-refractivity contribution in [3.63, 3.8) is 0 Å². The Kier molecular flexibility index (Phi) is 5.97. The van der Waals surface area contributed by atoms with Crippen LogP contribution in [-0.2, 0) is 11.2 Å². The van der Waals surface area contributed by atoms with Crippen LogP contribution in [0.25, 0.3) is 0 Å². The van der Waals surface area contributed by atoms with Gasteiger partial charge in [0, 0.05) is 17.4 Å². The van der Waals surface area contributed by atoms with E-state index in [1.54, 1.807) is 6.07 Å². The zero-order chi connectivity index (χ0) is 13.6. The fourth-order valence-corrected chi connectivity index (χ4v) is 2.27. The molecule has 0 aliphatic carbocycles. The van der Waals surface area contributed by atoms with E-state index in [1.807, 2.05) is 18.2 Å². The molecule has 1 aromatic rings. The first kappa shape index (κ1) is 15.3. The molecule has 0 unspecified atom stereocenters. The van der Waals surface area contributed by atoms with E-state index in [2.05, 4.69) is 19.2 Å². The number of alkyl halides is 1. The third-order valence-electron chi connectivity index (χ3n) is 2.84. The van der Waals surface area contributed by atoms with Crippen LogP contribution in [0.15, 0.2) is 24.3 Å². The fraction of sp³-hybridized carbons (Fsp3) is 0.500. The molecule has 0 radical (unpaired) electrons. The second-order valence-corrected chi connectivity index (χ2v) is 5.93. The van der Waals surface area contributed by atoms with Gasteiger partial charge in [0.25, 0.3) is 0 Å². The van der Waals surface area contributed by atoms with Gasteiger partial charge in [-0.1, -0.05) is 43.6 Å². The molecule has 18 heavy (non-hydrogen) atoms. The minimum Gasteiger partial charge on any atom is -0.355 e. The van der Waals surface area contributed by atoms with Gasteiger partial charge in [-0.2, -0.15) is 0 Å². The van der Waals surface area contributed by atoms with E-state index in [1.165, 1.54) is 0 Å². The van der Waals surface area contributed by atoms with Crippen LogP contribution in [0.4, 0.5) is 0 Å². The van der Waals surface area contributed by atoms with Crippen LogP contribution >= 0.6 is 23.2 Å². The summed E-state index contributed by atoms with van der Waals surface area (Å²) in [6.45, 7) is 4.80. The number of rotatable bonds is 6. The molecule has 0 bridgehead atoms. The van der Waals surface area contributed by atoms with Crippen LogP contribution in [0, 0.1) is 5.41 Å². The highest BCUT2D eigenvalue weighted by Gasteiger charge is 2.18. The predicted octanol–water partition coefficient (Wildman–Crippen LogP) is 3.65. The molecule has 0 aliphatic heterocycles. The van der Waals surface area contributed by atoms with E-state index in [9.17, 15) is 4.79 Å². The Morgan fingerprint density at radius 3 is 2.61 bits per heavy atom. The van der Waals surface area contributed by atoms with Crippen molar-refractivity contribution in [1.82, 2.24) is 5.32 Å². The average molecular weight is 288 g/mol. The number of hydrogen-bond donors (Lipinski definition) is 1. The molecule has 0 saturated heterocycles. The minimum atomic E-state index is -0.00857. The maximum absolute atomic E-state index is 11.8. The summed E-state index contributed by atoms with van der Waals surface area (Å²) < 4.78 is 0. The Balaban J connectivity index is 2.46. The summed E-state index contributed by atoms with van der Waals surface area (Å²) in [5.41, 5.74) is 0.879. The van der Waals surface area contributed by atoms with Gasteiger partial charge in [0.2, 0.25) is 5.91 Å². The van der Waals surface area contributed by atoms with Gasteiger partial charge in [-0.05, 0) is 23.5 Å². The maximum atomic E-state index is 11.8. The summed E-state index contributed by atoms with van der Waals surface area (Å²) in [6.07, 6.45) is 1.19. The Hall–Kier alpha value is -0.730. The first-order chi connectivity index (χ1) is 8.44. The summed E-state index contributed by atoms with van der Waals surface area (Å²) >= 11 is 11.7. The van der Waals surface area contributed by atoms with Crippen molar-refractivity contribution in [2.24, 2.45) is 5.41 Å². The largest absolute Gasteiger partial charge is 0.355 e. The smallest absolute Gasteiger partial charge is 0.224 e. The topological polar surface area (TPSA) is 29.1 Å². The molecule has 0 fully saturated rings. The number of halogens is 2. The molecule has 0 aromatic heterocycles. The van der Waals surface area contributed by atoms with Crippen LogP contribution in [0.1, 0.15) is 25.8 Å². The summed E-state index contributed by atoms with van der Waals surface area (Å²) in [5, 5.41) is 3.56. The van der Waals surface area contributed by atoms with E-state index in [-0.39, 0.29) is 11.3 Å². The number of carbonyl (C=O) groups is 1. The monoisotopic (exact) mass is 287 g/mol. The predicted molar refractivity (Wildman–Crippen MR) is 77.3 cm³/mol. The molecule has 0 aliphatic rings. The molecule has 100 valence electrons. The van der Waals surface area contributed by atoms with Gasteiger partial charge in [-0.3, -0.25) is 4.79 Å². The third-order valence-corrected chi connectivity index (χ3v) is 3.40. The highest BCUT2D eigenvalue weighted by atomic mass is 35.5. The van der Waals surface area contributed by atoms with Crippen LogP contribution in [0.2, 0.25) is 5.02 Å². The molecular formula is C14H19Cl2NO. The second kappa shape index (κ2) is 7.01. The van der Waals surface area contributed by atoms with Gasteiger partial charge in [0.05, 0.1) is 6.42 Å². The van der Waals surface area contributed by atoms with Crippen LogP contribution < -0.4 is 5.32 Å². The van der Waals surface area contributed by atoms with Crippen molar-refractivity contribution in [3.8, 4) is 0 Å². The van der Waals surface area contributed by atoms with Gasteiger partial charge in [0.1, 0.15) is 0 Å². The summed E-state index contributed by atoms with van der Waals surface area (Å²) in [7, 11) is 0. The number of hydrogen-bond acceptors (Lipinski definition) is 1. The van der Waals surface area contributed by atoms with Crippen molar-refractivity contribution in [2.75, 3.05) is 12.4 Å². The zero-order valence-corrected chi connectivity index (χ0v) is 12.3. The highest BCUT2D eigenvalue weighted by Crippen LogP contribution is 2.20. The summed E-state index contributed by atoms with van der Waals surface area (Å²) in [4.78, 5) is 11.8. The Morgan fingerprint density at radius 1 is 1.33 bits per heavy atom. The number of amides is 1. The first-order valence-corrected chi connectivity index (χ1v) is 6.92. The van der Waals surface area contributed by atoms with Crippen molar-refractivity contribution < 1.29 is 4.79 Å². The number of carbonyl (C=O) groups excluding carboxylic acids is 1. The molecule has 2 nitrogen and oxygen atoms in total. The maximum Gasteiger partial charge on any atom is 0.224 e. The molecule has 1 rings (SSSR count). The van der Waals surface area contributed by atoms with Crippen LogP contribution in [-0.4, -0.2) is 18.3 Å². The van der Waals surface area contributed by atoms with Crippen molar-refractivity contribution in [3.05, 3.63) is 34.9 Å². The quantitative estimate of drug-likeness (QED) is 0.795. The molecule has 1 N–H and O–H groups in total. The second-order valence-electron chi connectivity index (χ2n) is 5.15. The highest BCUT2D eigenvalue weighted by molar-refractivity contribution is 6.31. The molecule has 0 atom stereocenters. The lowest BCUT2D eigenvalue weighted by Crippen LogP contribution is -2.35. The van der Waals surface area contributed by atoms with E-state index in [4.69, 9.17) is 23.2 Å². The van der Waals surface area contributed by atoms with E-state index >= 15 is 0 Å². The number of benzene rings is 1. The van der Waals surface area contributed by atoms with Gasteiger partial charge < -0.3 is 5.32 Å². The SMILES string of the molecule is CC(C)(CCCl)CNC(=O)Cc1ccccc1Cl. The van der Waals surface area contributed by atoms with Crippen molar-refractivity contribution in [1.29, 1.82) is 0 Å². The number of nitrogens with one attached hydrogen (secondary N) is 1. The van der Waals surface area contributed by atoms with Gasteiger partial charge in [-0.25, -0.2) is 0 Å². The van der Waals surface area contributed by atoms with Gasteiger partial charge in [-0.15, -0.1) is 11.6 Å². The molecule has 1 amide bonds. The molecule has 4 heteroatoms. The van der Waals surface area contributed by atoms with Crippen molar-refractivity contribution in [2.45, 2.75) is 26.7 Å². The molecule has 1 aromatic carbocycles. The van der Waals surface area contributed by atoms with E-state index in [0.717, 1.165) is 12.0 Å². The summed E-state index contributed by atoms with van der Waals surface area (Å²) in [5.74, 6) is 0.596. The zero-order valence-electron chi connectivity index (χ0n) is 10.8. The van der Waals surface area contributed by atoms with Crippen molar-refractivity contribution >= 4 is 29.1 Å². The average Bonchev–Trinajstić information content (AvgIpc) is 2.30. The first-order valence-electron chi connectivity index (χ1n) is 6.01. The molecular weight excluding hydrogens is 269 g/mol. The molecule has 0 heterocycles. The van der Waals surface area contributed by atoms with E-state index < -0.39 is 0 Å². The van der Waals surface area contributed by atoms with Gasteiger partial charge >= 0.3 is 0 Å². The van der Waals surface area contributed by atoms with Gasteiger partial charge in [0.15, 0.2) is 0 Å². The fourth-order valence-electron chi connectivity index (χ4n) is 1.56. The Morgan fingerprint density at radius 2 is 2.00 bits per heavy atom. The van der Waals surface area contributed by atoms with E-state index in [0.29, 0.717) is 23.9 Å². The lowest BCUT2D eigenvalue weighted by molar-refractivity contribution is -0.120. The molecule has 0 saturated carbocycles. The lowest BCUT2D eigenvalue weighted by Gasteiger charge is -2.23. The molecule has 0 spiro atoms. The minimum absolute atomic E-state index is 0.00857. The summed E-state index contributed by atoms with van der Waals surface area (Å²) in [6, 6.07) is 7.40. The third kappa shape index (κ3) is 5.28. The normalized spacial score (nSPS) is 11.3.